The second-order valence-corrected chi connectivity index (χ2v) is 12.5. The minimum atomic E-state index is -2.89. The number of para-hydroxylation sites is 1. The molecule has 5 rings (SSSR count). The van der Waals surface area contributed by atoms with Gasteiger partial charge < -0.3 is 0 Å². The number of sulfone groups is 1. The van der Waals surface area contributed by atoms with Crippen LogP contribution in [0.4, 0.5) is 5.13 Å². The van der Waals surface area contributed by atoms with Crippen molar-refractivity contribution in [2.45, 2.75) is 25.9 Å². The average molecular weight is 499 g/mol. The summed E-state index contributed by atoms with van der Waals surface area (Å²) in [5, 5.41) is 0.730. The van der Waals surface area contributed by atoms with Gasteiger partial charge in [0.05, 0.1) is 34.8 Å². The Bertz CT molecular complexity index is 1270. The van der Waals surface area contributed by atoms with Crippen LogP contribution in [0, 0.1) is 6.92 Å². The summed E-state index contributed by atoms with van der Waals surface area (Å²) in [5.74, 6) is 0.609. The third-order valence-corrected chi connectivity index (χ3v) is 9.61. The van der Waals surface area contributed by atoms with Crippen LogP contribution in [-0.4, -0.2) is 79.4 Å². The molecule has 2 aliphatic heterocycles. The number of carbonyl (C=O) groups excluding carboxylic acids is 1. The SMILES string of the molecule is Cc1cccc2sc(N(Cc3ccccc3)C(=O)CN3CCN(C4CCS(=O)(=O)C4)CC3)nc12. The zero-order chi connectivity index (χ0) is 23.7. The van der Waals surface area contributed by atoms with Gasteiger partial charge in [0, 0.05) is 32.2 Å². The standard InChI is InChI=1S/C25H30N4O3S2/c1-19-6-5-9-22-24(19)26-25(33-22)29(16-20-7-3-2-4-8-20)23(30)17-27-11-13-28(14-12-27)21-10-15-34(31,32)18-21/h2-9,21H,10-18H2,1H3. The normalized spacial score (nSPS) is 21.1. The number of fused-ring (bicyclic) bond motifs is 1. The molecule has 3 heterocycles. The lowest BCUT2D eigenvalue weighted by Crippen LogP contribution is -2.53. The molecule has 9 heteroatoms. The molecule has 0 saturated carbocycles. The average Bonchev–Trinajstić information content (AvgIpc) is 3.42. The van der Waals surface area contributed by atoms with E-state index in [1.54, 1.807) is 11.3 Å². The van der Waals surface area contributed by atoms with Gasteiger partial charge in [-0.05, 0) is 30.5 Å². The highest BCUT2D eigenvalue weighted by atomic mass is 32.2. The monoisotopic (exact) mass is 498 g/mol. The number of thiazole rings is 1. The van der Waals surface area contributed by atoms with E-state index in [9.17, 15) is 13.2 Å². The van der Waals surface area contributed by atoms with E-state index in [4.69, 9.17) is 4.98 Å². The molecule has 0 bridgehead atoms. The molecule has 2 aliphatic rings. The lowest BCUT2D eigenvalue weighted by Gasteiger charge is -2.37. The van der Waals surface area contributed by atoms with Crippen LogP contribution in [0.15, 0.2) is 48.5 Å². The van der Waals surface area contributed by atoms with E-state index in [0.717, 1.165) is 59.1 Å². The van der Waals surface area contributed by atoms with Gasteiger partial charge in [-0.2, -0.15) is 0 Å². The Kier molecular flexibility index (Phi) is 6.70. The van der Waals surface area contributed by atoms with E-state index in [-0.39, 0.29) is 17.7 Å². The van der Waals surface area contributed by atoms with Gasteiger partial charge in [-0.25, -0.2) is 13.4 Å². The molecule has 180 valence electrons. The fourth-order valence-electron chi connectivity index (χ4n) is 4.85. The van der Waals surface area contributed by atoms with Gasteiger partial charge >= 0.3 is 0 Å². The summed E-state index contributed by atoms with van der Waals surface area (Å²) in [6, 6.07) is 16.3. The molecular weight excluding hydrogens is 468 g/mol. The number of amides is 1. The van der Waals surface area contributed by atoms with Crippen molar-refractivity contribution in [2.75, 3.05) is 49.1 Å². The highest BCUT2D eigenvalue weighted by molar-refractivity contribution is 7.91. The van der Waals surface area contributed by atoms with Crippen LogP contribution in [0.2, 0.25) is 0 Å². The summed E-state index contributed by atoms with van der Waals surface area (Å²) in [5.41, 5.74) is 3.13. The fourth-order valence-corrected chi connectivity index (χ4v) is 7.67. The van der Waals surface area contributed by atoms with Gasteiger partial charge in [0.2, 0.25) is 5.91 Å². The fraction of sp³-hybridized carbons (Fsp3) is 0.440. The highest BCUT2D eigenvalue weighted by Gasteiger charge is 2.34. The Labute approximate surface area is 204 Å². The van der Waals surface area contributed by atoms with Crippen molar-refractivity contribution in [1.29, 1.82) is 0 Å². The second kappa shape index (κ2) is 9.73. The quantitative estimate of drug-likeness (QED) is 0.520. The van der Waals surface area contributed by atoms with Crippen molar-refractivity contribution >= 4 is 42.4 Å². The largest absolute Gasteiger partial charge is 0.297 e. The first kappa shape index (κ1) is 23.4. The van der Waals surface area contributed by atoms with E-state index in [2.05, 4.69) is 15.9 Å². The number of anilines is 1. The first-order valence-corrected chi connectivity index (χ1v) is 14.4. The lowest BCUT2D eigenvalue weighted by atomic mass is 10.2. The van der Waals surface area contributed by atoms with Gasteiger partial charge in [0.25, 0.3) is 0 Å². The van der Waals surface area contributed by atoms with Crippen LogP contribution < -0.4 is 4.90 Å². The van der Waals surface area contributed by atoms with Crippen LogP contribution in [0.1, 0.15) is 17.5 Å². The van der Waals surface area contributed by atoms with Crippen molar-refractivity contribution in [3.63, 3.8) is 0 Å². The predicted octanol–water partition coefficient (Wildman–Crippen LogP) is 2.94. The Morgan fingerprint density at radius 1 is 1.09 bits per heavy atom. The zero-order valence-electron chi connectivity index (χ0n) is 19.4. The minimum absolute atomic E-state index is 0.0393. The van der Waals surface area contributed by atoms with Crippen molar-refractivity contribution in [3.8, 4) is 0 Å². The van der Waals surface area contributed by atoms with E-state index in [0.29, 0.717) is 18.8 Å². The second-order valence-electron chi connectivity index (χ2n) is 9.25. The van der Waals surface area contributed by atoms with Gasteiger partial charge in [-0.3, -0.25) is 19.5 Å². The van der Waals surface area contributed by atoms with E-state index in [1.807, 2.05) is 54.3 Å². The number of hydrogen-bond acceptors (Lipinski definition) is 7. The summed E-state index contributed by atoms with van der Waals surface area (Å²) in [4.78, 5) is 24.7. The first-order chi connectivity index (χ1) is 16.4. The third kappa shape index (κ3) is 5.17. The summed E-state index contributed by atoms with van der Waals surface area (Å²) >= 11 is 1.56. The van der Waals surface area contributed by atoms with Crippen LogP contribution in [-0.2, 0) is 21.2 Å². The Morgan fingerprint density at radius 3 is 2.53 bits per heavy atom. The van der Waals surface area contributed by atoms with Gasteiger partial charge in [0.15, 0.2) is 15.0 Å². The highest BCUT2D eigenvalue weighted by Crippen LogP contribution is 2.31. The van der Waals surface area contributed by atoms with Gasteiger partial charge in [0.1, 0.15) is 0 Å². The maximum atomic E-state index is 13.6. The molecule has 1 aromatic heterocycles. The summed E-state index contributed by atoms with van der Waals surface area (Å²) in [6.45, 7) is 5.99. The lowest BCUT2D eigenvalue weighted by molar-refractivity contribution is -0.120. The molecule has 7 nitrogen and oxygen atoms in total. The van der Waals surface area contributed by atoms with Crippen LogP contribution in [0.25, 0.3) is 10.2 Å². The van der Waals surface area contributed by atoms with Crippen LogP contribution >= 0.6 is 11.3 Å². The van der Waals surface area contributed by atoms with E-state index < -0.39 is 9.84 Å². The minimum Gasteiger partial charge on any atom is -0.297 e. The summed E-state index contributed by atoms with van der Waals surface area (Å²) in [7, 11) is -2.89. The summed E-state index contributed by atoms with van der Waals surface area (Å²) < 4.78 is 24.8. The van der Waals surface area contributed by atoms with Crippen molar-refractivity contribution in [2.24, 2.45) is 0 Å². The van der Waals surface area contributed by atoms with Crippen molar-refractivity contribution in [3.05, 3.63) is 59.7 Å². The van der Waals surface area contributed by atoms with Crippen LogP contribution in [0.5, 0.6) is 0 Å². The smallest absolute Gasteiger partial charge is 0.243 e. The molecule has 0 radical (unpaired) electrons. The number of aromatic nitrogens is 1. The molecule has 3 aromatic rings. The van der Waals surface area contributed by atoms with Gasteiger partial charge in [-0.15, -0.1) is 0 Å². The Balaban J connectivity index is 1.29. The molecular formula is C25H30N4O3S2. The Morgan fingerprint density at radius 2 is 1.85 bits per heavy atom. The molecule has 1 amide bonds. The molecule has 0 N–H and O–H groups in total. The first-order valence-electron chi connectivity index (χ1n) is 11.8. The maximum Gasteiger partial charge on any atom is 0.243 e. The summed E-state index contributed by atoms with van der Waals surface area (Å²) in [6.07, 6.45) is 0.725. The van der Waals surface area contributed by atoms with Crippen LogP contribution in [0.3, 0.4) is 0 Å². The van der Waals surface area contributed by atoms with Gasteiger partial charge in [-0.1, -0.05) is 53.8 Å². The Hall–Kier alpha value is -2.33. The zero-order valence-corrected chi connectivity index (χ0v) is 21.0. The number of benzene rings is 2. The number of aryl methyl sites for hydroxylation is 1. The number of carbonyl (C=O) groups is 1. The molecule has 0 spiro atoms. The van der Waals surface area contributed by atoms with E-state index in [1.165, 1.54) is 0 Å². The number of rotatable bonds is 6. The molecule has 2 aromatic carbocycles. The molecule has 1 atom stereocenters. The van der Waals surface area contributed by atoms with E-state index >= 15 is 0 Å². The third-order valence-electron chi connectivity index (χ3n) is 6.82. The number of nitrogens with zero attached hydrogens (tertiary/aromatic N) is 4. The molecule has 1 unspecified atom stereocenters. The molecule has 2 saturated heterocycles. The number of piperazine rings is 1. The molecule has 2 fully saturated rings. The number of hydrogen-bond donors (Lipinski definition) is 0. The topological polar surface area (TPSA) is 73.8 Å². The van der Waals surface area contributed by atoms with Crippen molar-refractivity contribution < 1.29 is 13.2 Å². The molecule has 0 aliphatic carbocycles. The van der Waals surface area contributed by atoms with Crippen molar-refractivity contribution in [1.82, 2.24) is 14.8 Å². The predicted molar refractivity (Wildman–Crippen MR) is 137 cm³/mol. The maximum absolute atomic E-state index is 13.6. The molecule has 34 heavy (non-hydrogen) atoms.